The molecule has 7 heteroatoms. The lowest BCUT2D eigenvalue weighted by atomic mass is 9.75. The minimum atomic E-state index is -0.461. The number of carbonyl (C=O) groups excluding carboxylic acids is 1. The molecular weight excluding hydrogens is 310 g/mol. The first kappa shape index (κ1) is 18.4. The summed E-state index contributed by atoms with van der Waals surface area (Å²) in [6, 6.07) is 0. The highest BCUT2D eigenvalue weighted by Crippen LogP contribution is 2.35. The first-order valence-corrected chi connectivity index (χ1v) is 8.58. The molecule has 0 N–H and O–H groups in total. The van der Waals surface area contributed by atoms with Gasteiger partial charge in [0.15, 0.2) is 0 Å². The van der Waals surface area contributed by atoms with Crippen molar-refractivity contribution in [2.24, 2.45) is 17.8 Å². The summed E-state index contributed by atoms with van der Waals surface area (Å²) in [5, 5.41) is 15.2. The van der Waals surface area contributed by atoms with Gasteiger partial charge in [-0.15, -0.1) is 0 Å². The van der Waals surface area contributed by atoms with Gasteiger partial charge in [0.05, 0.1) is 4.92 Å². The lowest BCUT2D eigenvalue weighted by Crippen LogP contribution is -2.36. The fraction of sp³-hybridized carbons (Fsp3) is 0.765. The van der Waals surface area contributed by atoms with E-state index in [0.717, 1.165) is 12.8 Å². The number of nitrogens with zero attached hydrogens (tertiary/aromatic N) is 3. The average molecular weight is 337 g/mol. The van der Waals surface area contributed by atoms with Crippen LogP contribution in [0.1, 0.15) is 51.4 Å². The lowest BCUT2D eigenvalue weighted by Gasteiger charge is -2.36. The number of rotatable bonds is 5. The molecule has 0 aromatic carbocycles. The second-order valence-electron chi connectivity index (χ2n) is 7.29. The van der Waals surface area contributed by atoms with Crippen LogP contribution in [0.15, 0.2) is 0 Å². The van der Waals surface area contributed by atoms with E-state index in [4.69, 9.17) is 4.74 Å². The molecule has 1 fully saturated rings. The zero-order chi connectivity index (χ0) is 18.0. The van der Waals surface area contributed by atoms with E-state index < -0.39 is 4.92 Å². The minimum Gasteiger partial charge on any atom is -0.461 e. The van der Waals surface area contributed by atoms with E-state index in [0.29, 0.717) is 29.1 Å². The van der Waals surface area contributed by atoms with Crippen molar-refractivity contribution in [2.45, 2.75) is 66.5 Å². The molecule has 0 saturated heterocycles. The summed E-state index contributed by atoms with van der Waals surface area (Å²) in [7, 11) is 0. The Labute approximate surface area is 142 Å². The third-order valence-corrected chi connectivity index (χ3v) is 5.05. The van der Waals surface area contributed by atoms with Crippen LogP contribution in [0.3, 0.4) is 0 Å². The zero-order valence-corrected chi connectivity index (χ0v) is 15.1. The van der Waals surface area contributed by atoms with Gasteiger partial charge in [-0.2, -0.15) is 5.10 Å². The number of nitro groups is 1. The van der Waals surface area contributed by atoms with Crippen LogP contribution in [0.5, 0.6) is 0 Å². The molecule has 0 spiro atoms. The molecule has 24 heavy (non-hydrogen) atoms. The monoisotopic (exact) mass is 337 g/mol. The van der Waals surface area contributed by atoms with E-state index in [1.165, 1.54) is 11.1 Å². The summed E-state index contributed by atoms with van der Waals surface area (Å²) in [5.41, 5.74) is 0.665. The van der Waals surface area contributed by atoms with Crippen molar-refractivity contribution in [1.82, 2.24) is 9.78 Å². The lowest BCUT2D eigenvalue weighted by molar-refractivity contribution is -0.386. The molecule has 1 heterocycles. The van der Waals surface area contributed by atoms with Crippen LogP contribution in [0.2, 0.25) is 0 Å². The predicted octanol–water partition coefficient (Wildman–Crippen LogP) is 3.41. The Morgan fingerprint density at radius 2 is 2.08 bits per heavy atom. The number of hydrogen-bond donors (Lipinski definition) is 0. The second kappa shape index (κ2) is 7.32. The molecule has 0 amide bonds. The summed E-state index contributed by atoms with van der Waals surface area (Å²) >= 11 is 0. The van der Waals surface area contributed by atoms with E-state index in [1.807, 2.05) is 0 Å². The normalized spacial score (nSPS) is 24.2. The number of aryl methyl sites for hydroxylation is 1. The molecule has 2 rings (SSSR count). The van der Waals surface area contributed by atoms with Crippen LogP contribution in [-0.2, 0) is 16.1 Å². The fourth-order valence-corrected chi connectivity index (χ4v) is 3.68. The van der Waals surface area contributed by atoms with E-state index in [1.54, 1.807) is 13.8 Å². The fourth-order valence-electron chi connectivity index (χ4n) is 3.68. The molecule has 0 radical (unpaired) electrons. The Morgan fingerprint density at radius 1 is 1.42 bits per heavy atom. The van der Waals surface area contributed by atoms with Crippen molar-refractivity contribution in [3.63, 3.8) is 0 Å². The molecule has 1 saturated carbocycles. The average Bonchev–Trinajstić information content (AvgIpc) is 2.72. The van der Waals surface area contributed by atoms with Gasteiger partial charge in [-0.1, -0.05) is 27.2 Å². The zero-order valence-electron chi connectivity index (χ0n) is 15.1. The molecule has 134 valence electrons. The molecule has 1 aromatic rings. The Kier molecular flexibility index (Phi) is 5.62. The van der Waals surface area contributed by atoms with Crippen LogP contribution < -0.4 is 0 Å². The Morgan fingerprint density at radius 3 is 2.62 bits per heavy atom. The summed E-state index contributed by atoms with van der Waals surface area (Å²) < 4.78 is 7.10. The first-order chi connectivity index (χ1) is 11.2. The van der Waals surface area contributed by atoms with Crippen molar-refractivity contribution < 1.29 is 14.5 Å². The summed E-state index contributed by atoms with van der Waals surface area (Å²) in [6.45, 7) is 9.59. The molecular formula is C17H27N3O4. The molecule has 7 nitrogen and oxygen atoms in total. The second-order valence-corrected chi connectivity index (χ2v) is 7.29. The predicted molar refractivity (Wildman–Crippen MR) is 89.6 cm³/mol. The highest BCUT2D eigenvalue weighted by molar-refractivity contribution is 5.69. The van der Waals surface area contributed by atoms with Crippen molar-refractivity contribution >= 4 is 11.7 Å². The number of esters is 1. The maximum absolute atomic E-state index is 12.3. The van der Waals surface area contributed by atoms with Gasteiger partial charge >= 0.3 is 11.7 Å². The number of ether oxygens (including phenoxy) is 1. The molecule has 1 aliphatic rings. The summed E-state index contributed by atoms with van der Waals surface area (Å²) in [6.07, 6.45) is 3.04. The van der Waals surface area contributed by atoms with Crippen LogP contribution in [-0.4, -0.2) is 26.8 Å². The maximum Gasteiger partial charge on any atom is 0.328 e. The van der Waals surface area contributed by atoms with E-state index in [9.17, 15) is 14.9 Å². The van der Waals surface area contributed by atoms with Crippen LogP contribution in [0, 0.1) is 41.7 Å². The molecule has 1 aliphatic carbocycles. The number of aromatic nitrogens is 2. The van der Waals surface area contributed by atoms with Crippen LogP contribution in [0.25, 0.3) is 0 Å². The molecule has 3 atom stereocenters. The first-order valence-electron chi connectivity index (χ1n) is 8.58. The van der Waals surface area contributed by atoms with E-state index >= 15 is 0 Å². The third-order valence-electron chi connectivity index (χ3n) is 5.05. The van der Waals surface area contributed by atoms with Crippen LogP contribution in [0.4, 0.5) is 5.69 Å². The standard InChI is InChI=1S/C17H27N3O4/c1-10(2)14-7-6-11(3)8-15(14)24-16(21)9-19-13(5)17(20(22)23)12(4)18-19/h10-11,14-15H,6-9H2,1-5H3/t11-,14-,15-/m0/s1. The van der Waals surface area contributed by atoms with Gasteiger partial charge in [-0.25, -0.2) is 0 Å². The van der Waals surface area contributed by atoms with E-state index in [-0.39, 0.29) is 24.3 Å². The quantitative estimate of drug-likeness (QED) is 0.467. The summed E-state index contributed by atoms with van der Waals surface area (Å²) in [5.74, 6) is 1.01. The van der Waals surface area contributed by atoms with Gasteiger partial charge in [0.1, 0.15) is 24.0 Å². The van der Waals surface area contributed by atoms with Crippen molar-refractivity contribution in [1.29, 1.82) is 0 Å². The molecule has 0 bridgehead atoms. The number of hydrogen-bond acceptors (Lipinski definition) is 5. The van der Waals surface area contributed by atoms with Gasteiger partial charge in [0.2, 0.25) is 0 Å². The van der Waals surface area contributed by atoms with Gasteiger partial charge in [0, 0.05) is 0 Å². The largest absolute Gasteiger partial charge is 0.461 e. The van der Waals surface area contributed by atoms with Crippen molar-refractivity contribution in [3.05, 3.63) is 21.5 Å². The van der Waals surface area contributed by atoms with Crippen molar-refractivity contribution in [3.8, 4) is 0 Å². The Bertz CT molecular complexity index is 624. The smallest absolute Gasteiger partial charge is 0.328 e. The highest BCUT2D eigenvalue weighted by atomic mass is 16.6. The molecule has 0 aliphatic heterocycles. The van der Waals surface area contributed by atoms with Gasteiger partial charge in [-0.05, 0) is 44.4 Å². The van der Waals surface area contributed by atoms with Crippen molar-refractivity contribution in [2.75, 3.05) is 0 Å². The highest BCUT2D eigenvalue weighted by Gasteiger charge is 2.33. The van der Waals surface area contributed by atoms with Gasteiger partial charge in [0.25, 0.3) is 0 Å². The third kappa shape index (κ3) is 3.94. The minimum absolute atomic E-state index is 0.0332. The Hall–Kier alpha value is -1.92. The SMILES string of the molecule is Cc1nn(CC(=O)O[C@H]2C[C@@H](C)CC[C@H]2C(C)C)c(C)c1[N+](=O)[O-]. The molecule has 0 unspecified atom stereocenters. The Balaban J connectivity index is 2.07. The molecule has 1 aromatic heterocycles. The van der Waals surface area contributed by atoms with Gasteiger partial charge < -0.3 is 4.74 Å². The summed E-state index contributed by atoms with van der Waals surface area (Å²) in [4.78, 5) is 22.9. The topological polar surface area (TPSA) is 87.3 Å². The van der Waals surface area contributed by atoms with Gasteiger partial charge in [-0.3, -0.25) is 19.6 Å². The van der Waals surface area contributed by atoms with Crippen LogP contribution >= 0.6 is 0 Å². The van der Waals surface area contributed by atoms with E-state index in [2.05, 4.69) is 25.9 Å². The number of carbonyl (C=O) groups is 1. The maximum atomic E-state index is 12.3.